The molecule has 1 saturated heterocycles. The number of halogens is 1. The molecule has 4 atom stereocenters. The van der Waals surface area contributed by atoms with Crippen molar-refractivity contribution in [2.75, 3.05) is 6.61 Å². The van der Waals surface area contributed by atoms with Crippen LogP contribution in [0.5, 0.6) is 0 Å². The van der Waals surface area contributed by atoms with Crippen LogP contribution in [0.1, 0.15) is 5.56 Å². The monoisotopic (exact) mass is 364 g/mol. The highest BCUT2D eigenvalue weighted by Crippen LogP contribution is 2.32. The van der Waals surface area contributed by atoms with Crippen LogP contribution in [0, 0.1) is 0 Å². The van der Waals surface area contributed by atoms with Gasteiger partial charge in [0.1, 0.15) is 12.2 Å². The van der Waals surface area contributed by atoms with Gasteiger partial charge in [0.25, 0.3) is 11.5 Å². The molecule has 1 fully saturated rings. The highest BCUT2D eigenvalue weighted by molar-refractivity contribution is 9.11. The molecule has 0 spiro atoms. The second kappa shape index (κ2) is 5.83. The number of aromatic nitrogens is 2. The van der Waals surface area contributed by atoms with Crippen LogP contribution >= 0.6 is 15.9 Å². The van der Waals surface area contributed by atoms with Gasteiger partial charge in [0, 0.05) is 6.20 Å². The van der Waals surface area contributed by atoms with Crippen LogP contribution in [0.2, 0.25) is 0 Å². The van der Waals surface area contributed by atoms with Crippen molar-refractivity contribution in [2.45, 2.75) is 24.2 Å². The molecule has 0 unspecified atom stereocenters. The first-order chi connectivity index (χ1) is 9.85. The largest absolute Gasteiger partial charge is 0.394 e. The number of nitrogens with one attached hydrogen (secondary N) is 1. The third kappa shape index (κ3) is 2.61. The van der Waals surface area contributed by atoms with Crippen molar-refractivity contribution in [3.63, 3.8) is 0 Å². The molecular weight excluding hydrogens is 352 g/mol. The van der Waals surface area contributed by atoms with Gasteiger partial charge in [0.15, 0.2) is 6.10 Å². The summed E-state index contributed by atoms with van der Waals surface area (Å²) in [7, 11) is 0. The lowest BCUT2D eigenvalue weighted by atomic mass is 10.1. The van der Waals surface area contributed by atoms with E-state index in [9.17, 15) is 24.9 Å². The van der Waals surface area contributed by atoms with Gasteiger partial charge in [0.2, 0.25) is 0 Å². The van der Waals surface area contributed by atoms with E-state index in [4.69, 9.17) is 9.84 Å². The molecule has 116 valence electrons. The minimum atomic E-state index is -2.61. The summed E-state index contributed by atoms with van der Waals surface area (Å²) in [6.45, 7) is -0.674. The Kier molecular flexibility index (Phi) is 4.46. The van der Waals surface area contributed by atoms with Crippen LogP contribution in [0.15, 0.2) is 20.8 Å². The van der Waals surface area contributed by atoms with Crippen LogP contribution in [-0.2, 0) is 10.6 Å². The Morgan fingerprint density at radius 2 is 2.14 bits per heavy atom. The van der Waals surface area contributed by atoms with E-state index in [1.165, 1.54) is 11.1 Å². The first-order valence-electron chi connectivity index (χ1n) is 5.85. The number of aromatic amines is 1. The summed E-state index contributed by atoms with van der Waals surface area (Å²) in [6, 6.07) is 0. The summed E-state index contributed by atoms with van der Waals surface area (Å²) in [5.74, 6) is -2.61. The van der Waals surface area contributed by atoms with Crippen molar-refractivity contribution in [3.8, 4) is 0 Å². The molecule has 5 N–H and O–H groups in total. The molecule has 1 aromatic rings. The van der Waals surface area contributed by atoms with Gasteiger partial charge in [-0.05, 0) is 11.1 Å². The summed E-state index contributed by atoms with van der Waals surface area (Å²) < 4.78 is 5.52. The highest BCUT2D eigenvalue weighted by atomic mass is 79.9. The van der Waals surface area contributed by atoms with Gasteiger partial charge in [-0.1, -0.05) is 15.9 Å². The van der Waals surface area contributed by atoms with Crippen molar-refractivity contribution in [2.24, 2.45) is 0 Å². The van der Waals surface area contributed by atoms with Crippen molar-refractivity contribution in [1.82, 2.24) is 9.55 Å². The lowest BCUT2D eigenvalue weighted by molar-refractivity contribution is -0.291. The van der Waals surface area contributed by atoms with Gasteiger partial charge in [-0.2, -0.15) is 0 Å². The average molecular weight is 365 g/mol. The predicted molar refractivity (Wildman–Crippen MR) is 73.4 cm³/mol. The fourth-order valence-corrected chi connectivity index (χ4v) is 2.33. The Bertz CT molecular complexity index is 669. The molecule has 0 amide bonds. The highest BCUT2D eigenvalue weighted by Gasteiger charge is 2.55. The normalized spacial score (nSPS) is 32.9. The fourth-order valence-electron chi connectivity index (χ4n) is 2.04. The first kappa shape index (κ1) is 16.1. The number of nitrogens with zero attached hydrogens (tertiary/aromatic N) is 1. The Balaban J connectivity index is 2.58. The van der Waals surface area contributed by atoms with Crippen molar-refractivity contribution >= 4 is 22.0 Å². The molecule has 10 heteroatoms. The van der Waals surface area contributed by atoms with E-state index in [-0.39, 0.29) is 5.56 Å². The molecule has 0 saturated carbocycles. The molecule has 9 nitrogen and oxygen atoms in total. The van der Waals surface area contributed by atoms with E-state index in [0.717, 1.165) is 6.20 Å². The lowest BCUT2D eigenvalue weighted by Crippen LogP contribution is -2.51. The first-order valence-corrected chi connectivity index (χ1v) is 6.77. The number of rotatable bonds is 3. The Morgan fingerprint density at radius 1 is 1.48 bits per heavy atom. The molecule has 2 heterocycles. The molecule has 1 aromatic heterocycles. The zero-order valence-corrected chi connectivity index (χ0v) is 12.1. The van der Waals surface area contributed by atoms with Crippen LogP contribution in [0.25, 0.3) is 6.08 Å². The van der Waals surface area contributed by atoms with Crippen LogP contribution in [-0.4, -0.2) is 54.9 Å². The van der Waals surface area contributed by atoms with Crippen LogP contribution < -0.4 is 11.2 Å². The van der Waals surface area contributed by atoms with Crippen LogP contribution in [0.3, 0.4) is 0 Å². The molecule has 2 rings (SSSR count). The number of aliphatic hydroxyl groups is 4. The average Bonchev–Trinajstić information content (AvgIpc) is 2.67. The molecule has 0 radical (unpaired) electrons. The summed E-state index contributed by atoms with van der Waals surface area (Å²) in [5.41, 5.74) is -1.75. The molecule has 0 aliphatic carbocycles. The van der Waals surface area contributed by atoms with Gasteiger partial charge in [-0.25, -0.2) is 9.36 Å². The zero-order valence-electron chi connectivity index (χ0n) is 10.5. The standard InChI is InChI=1S/C11H13BrN2O7/c12-2-1-5-3-14(10(19)13-9(5)18)11(20)8(17)7(16)6(4-15)21-11/h1-3,6-8,15-17,20H,4H2,(H,13,18,19)/b2-1+/t6-,7-,8+,11+/m1/s1. The fraction of sp³-hybridized carbons (Fsp3) is 0.455. The molecule has 0 bridgehead atoms. The summed E-state index contributed by atoms with van der Waals surface area (Å²) in [4.78, 5) is 26.7. The molecule has 1 aliphatic heterocycles. The minimum absolute atomic E-state index is 0.00219. The van der Waals surface area contributed by atoms with Crippen LogP contribution in [0.4, 0.5) is 0 Å². The number of ether oxygens (including phenoxy) is 1. The maximum atomic E-state index is 11.8. The van der Waals surface area contributed by atoms with Gasteiger partial charge in [0.05, 0.1) is 12.2 Å². The number of hydrogen-bond donors (Lipinski definition) is 5. The third-order valence-corrected chi connectivity index (χ3v) is 3.42. The van der Waals surface area contributed by atoms with Crippen molar-refractivity contribution < 1.29 is 25.2 Å². The number of hydrogen-bond acceptors (Lipinski definition) is 7. The van der Waals surface area contributed by atoms with E-state index in [1.807, 2.05) is 4.98 Å². The number of aliphatic hydroxyl groups excluding tert-OH is 3. The van der Waals surface area contributed by atoms with Gasteiger partial charge >= 0.3 is 5.69 Å². The number of H-pyrrole nitrogens is 1. The maximum absolute atomic E-state index is 11.8. The second-order valence-corrected chi connectivity index (χ2v) is 4.97. The topological polar surface area (TPSA) is 145 Å². The quantitative estimate of drug-likeness (QED) is 0.402. The van der Waals surface area contributed by atoms with E-state index < -0.39 is 42.1 Å². The van der Waals surface area contributed by atoms with E-state index >= 15 is 0 Å². The second-order valence-electron chi connectivity index (χ2n) is 4.44. The maximum Gasteiger partial charge on any atom is 0.332 e. The van der Waals surface area contributed by atoms with Crippen molar-refractivity contribution in [1.29, 1.82) is 0 Å². The summed E-state index contributed by atoms with van der Waals surface area (Å²) in [5, 5.41) is 38.9. The van der Waals surface area contributed by atoms with Crippen molar-refractivity contribution in [3.05, 3.63) is 37.6 Å². The van der Waals surface area contributed by atoms with Gasteiger partial charge in [-0.15, -0.1) is 0 Å². The van der Waals surface area contributed by atoms with E-state index in [0.29, 0.717) is 4.57 Å². The molecule has 1 aliphatic rings. The summed E-state index contributed by atoms with van der Waals surface area (Å²) >= 11 is 2.97. The van der Waals surface area contributed by atoms with E-state index in [1.54, 1.807) is 0 Å². The van der Waals surface area contributed by atoms with E-state index in [2.05, 4.69) is 15.9 Å². The third-order valence-electron chi connectivity index (χ3n) is 3.15. The molecular formula is C11H13BrN2O7. The van der Waals surface area contributed by atoms with Gasteiger partial charge in [-0.3, -0.25) is 9.78 Å². The van der Waals surface area contributed by atoms with Gasteiger partial charge < -0.3 is 25.2 Å². The SMILES string of the molecule is O=c1[nH]c(=O)n([C@@]2(O)O[C@H](CO)[C@@H](O)[C@@H]2O)cc1/C=C/Br. The predicted octanol–water partition coefficient (Wildman–Crippen LogP) is -2.38. The smallest absolute Gasteiger partial charge is 0.332 e. The molecule has 21 heavy (non-hydrogen) atoms. The Labute approximate surface area is 125 Å². The Morgan fingerprint density at radius 3 is 2.67 bits per heavy atom. The summed E-state index contributed by atoms with van der Waals surface area (Å²) in [6.07, 6.45) is -2.50. The molecule has 0 aromatic carbocycles. The minimum Gasteiger partial charge on any atom is -0.394 e. The lowest BCUT2D eigenvalue weighted by Gasteiger charge is -2.27. The zero-order chi connectivity index (χ0) is 15.8. The Hall–Kier alpha value is -1.30.